The van der Waals surface area contributed by atoms with Crippen LogP contribution < -0.4 is 0 Å². The lowest BCUT2D eigenvalue weighted by Gasteiger charge is -2.32. The fourth-order valence-electron chi connectivity index (χ4n) is 3.53. The minimum Gasteiger partial charge on any atom is -0.475 e. The van der Waals surface area contributed by atoms with Crippen LogP contribution in [0.25, 0.3) is 0 Å². The summed E-state index contributed by atoms with van der Waals surface area (Å²) in [6, 6.07) is 3.89. The van der Waals surface area contributed by atoms with Gasteiger partial charge in [-0.3, -0.25) is 14.8 Å². The Hall–Kier alpha value is -3.12. The molecule has 4 heterocycles. The first kappa shape index (κ1) is 23.5. The van der Waals surface area contributed by atoms with E-state index in [1.165, 1.54) is 12.4 Å². The number of pyridine rings is 1. The zero-order valence-corrected chi connectivity index (χ0v) is 16.8. The maximum Gasteiger partial charge on any atom is 0.490 e. The summed E-state index contributed by atoms with van der Waals surface area (Å²) >= 11 is 0. The molecule has 9 nitrogen and oxygen atoms in total. The fourth-order valence-corrected chi connectivity index (χ4v) is 3.53. The van der Waals surface area contributed by atoms with E-state index in [1.807, 2.05) is 17.0 Å². The van der Waals surface area contributed by atoms with E-state index in [9.17, 15) is 18.0 Å². The molecule has 1 N–H and O–H groups in total. The summed E-state index contributed by atoms with van der Waals surface area (Å²) in [4.78, 5) is 35.8. The number of amides is 1. The van der Waals surface area contributed by atoms with Gasteiger partial charge in [0.1, 0.15) is 17.9 Å². The van der Waals surface area contributed by atoms with Crippen LogP contribution in [0.4, 0.5) is 13.2 Å². The van der Waals surface area contributed by atoms with Crippen molar-refractivity contribution in [1.82, 2.24) is 19.9 Å². The Kier molecular flexibility index (Phi) is 7.70. The summed E-state index contributed by atoms with van der Waals surface area (Å²) in [5.41, 5.74) is 1.37. The molecule has 2 aromatic rings. The van der Waals surface area contributed by atoms with Crippen LogP contribution in [0.1, 0.15) is 28.9 Å². The molecule has 2 aromatic heterocycles. The molecule has 0 spiro atoms. The van der Waals surface area contributed by atoms with Gasteiger partial charge in [-0.1, -0.05) is 6.07 Å². The minimum absolute atomic E-state index is 0.0298. The average molecular weight is 454 g/mol. The molecule has 12 heteroatoms. The first-order valence-corrected chi connectivity index (χ1v) is 9.76. The zero-order valence-electron chi connectivity index (χ0n) is 16.8. The number of nitrogens with zero attached hydrogens (tertiary/aromatic N) is 4. The number of rotatable bonds is 4. The van der Waals surface area contributed by atoms with Gasteiger partial charge in [-0.15, -0.1) is 0 Å². The minimum atomic E-state index is -5.08. The molecule has 3 atom stereocenters. The molecule has 32 heavy (non-hydrogen) atoms. The SMILES string of the molecule is O=C(O)C(F)(F)F.O=C(c1cnccn1)N1C[C@@H](OCc2cccnc2)[C@H]2OCCC[C@H]21. The molecule has 172 valence electrons. The van der Waals surface area contributed by atoms with E-state index >= 15 is 0 Å². The second kappa shape index (κ2) is 10.5. The van der Waals surface area contributed by atoms with Crippen LogP contribution in [0.15, 0.2) is 43.1 Å². The zero-order chi connectivity index (χ0) is 23.1. The maximum absolute atomic E-state index is 12.8. The lowest BCUT2D eigenvalue weighted by molar-refractivity contribution is -0.192. The molecule has 0 aliphatic carbocycles. The summed E-state index contributed by atoms with van der Waals surface area (Å²) in [7, 11) is 0. The highest BCUT2D eigenvalue weighted by Crippen LogP contribution is 2.32. The predicted molar refractivity (Wildman–Crippen MR) is 102 cm³/mol. The van der Waals surface area contributed by atoms with E-state index < -0.39 is 12.1 Å². The summed E-state index contributed by atoms with van der Waals surface area (Å²) in [5, 5.41) is 7.12. The molecule has 0 aromatic carbocycles. The van der Waals surface area contributed by atoms with Gasteiger partial charge >= 0.3 is 12.1 Å². The molecule has 4 rings (SSSR count). The third-order valence-corrected chi connectivity index (χ3v) is 4.95. The van der Waals surface area contributed by atoms with Crippen LogP contribution in [0.2, 0.25) is 0 Å². The number of fused-ring (bicyclic) bond motifs is 1. The molecular formula is C20H21F3N4O5. The second-order valence-corrected chi connectivity index (χ2v) is 7.11. The fraction of sp³-hybridized carbons (Fsp3) is 0.450. The molecule has 2 aliphatic rings. The highest BCUT2D eigenvalue weighted by atomic mass is 19.4. The van der Waals surface area contributed by atoms with Gasteiger partial charge in [0.2, 0.25) is 0 Å². The molecular weight excluding hydrogens is 433 g/mol. The summed E-state index contributed by atoms with van der Waals surface area (Å²) in [6.45, 7) is 1.67. The van der Waals surface area contributed by atoms with Gasteiger partial charge in [0.25, 0.3) is 5.91 Å². The normalized spacial score (nSPS) is 22.5. The largest absolute Gasteiger partial charge is 0.490 e. The lowest BCUT2D eigenvalue weighted by Crippen LogP contribution is -2.44. The number of aliphatic carboxylic acids is 1. The number of likely N-dealkylation sites (tertiary alicyclic amines) is 1. The Morgan fingerprint density at radius 1 is 1.22 bits per heavy atom. The quantitative estimate of drug-likeness (QED) is 0.747. The van der Waals surface area contributed by atoms with Gasteiger partial charge < -0.3 is 19.5 Å². The van der Waals surface area contributed by atoms with Crippen molar-refractivity contribution in [2.45, 2.75) is 43.9 Å². The van der Waals surface area contributed by atoms with Crippen molar-refractivity contribution in [1.29, 1.82) is 0 Å². The van der Waals surface area contributed by atoms with E-state index in [-0.39, 0.29) is 24.2 Å². The summed E-state index contributed by atoms with van der Waals surface area (Å²) in [5.74, 6) is -2.87. The van der Waals surface area contributed by atoms with E-state index in [2.05, 4.69) is 15.0 Å². The Balaban J connectivity index is 0.000000360. The number of hydrogen-bond acceptors (Lipinski definition) is 7. The first-order valence-electron chi connectivity index (χ1n) is 9.76. The Morgan fingerprint density at radius 3 is 2.59 bits per heavy atom. The number of carboxylic acid groups (broad SMARTS) is 1. The van der Waals surface area contributed by atoms with Crippen molar-refractivity contribution >= 4 is 11.9 Å². The molecule has 2 aliphatic heterocycles. The smallest absolute Gasteiger partial charge is 0.475 e. The van der Waals surface area contributed by atoms with E-state index in [4.69, 9.17) is 19.4 Å². The molecule has 2 fully saturated rings. The van der Waals surface area contributed by atoms with Crippen molar-refractivity contribution in [3.8, 4) is 0 Å². The van der Waals surface area contributed by atoms with Crippen molar-refractivity contribution in [2.75, 3.05) is 13.2 Å². The standard InChI is InChI=1S/C18H20N4O3.C2HF3O2/c23-18(14-10-20-6-7-21-14)22-11-16(17-15(22)4-2-8-24-17)25-12-13-3-1-5-19-9-13;3-2(4,5)1(6)7/h1,3,5-7,9-10,15-17H,2,4,8,11-12H2;(H,6,7)/t15-,16-,17+;/m1./s1. The van der Waals surface area contributed by atoms with Crippen LogP contribution >= 0.6 is 0 Å². The van der Waals surface area contributed by atoms with Gasteiger partial charge in [0.05, 0.1) is 25.4 Å². The van der Waals surface area contributed by atoms with Crippen LogP contribution in [0.3, 0.4) is 0 Å². The number of carbonyl (C=O) groups excluding carboxylic acids is 1. The number of ether oxygens (including phenoxy) is 2. The van der Waals surface area contributed by atoms with Crippen molar-refractivity contribution < 1.29 is 37.3 Å². The van der Waals surface area contributed by atoms with E-state index in [0.29, 0.717) is 25.5 Å². The van der Waals surface area contributed by atoms with Crippen molar-refractivity contribution in [3.63, 3.8) is 0 Å². The van der Waals surface area contributed by atoms with Crippen molar-refractivity contribution in [3.05, 3.63) is 54.4 Å². The van der Waals surface area contributed by atoms with Gasteiger partial charge in [-0.2, -0.15) is 13.2 Å². The highest BCUT2D eigenvalue weighted by Gasteiger charge is 2.47. The van der Waals surface area contributed by atoms with Gasteiger partial charge in [-0.25, -0.2) is 9.78 Å². The highest BCUT2D eigenvalue weighted by molar-refractivity contribution is 5.92. The lowest BCUT2D eigenvalue weighted by atomic mass is 10.0. The van der Waals surface area contributed by atoms with Gasteiger partial charge in [-0.05, 0) is 24.5 Å². The third-order valence-electron chi connectivity index (χ3n) is 4.95. The molecule has 0 saturated carbocycles. The summed E-state index contributed by atoms with van der Waals surface area (Å²) < 4.78 is 43.8. The molecule has 1 amide bonds. The number of aromatic nitrogens is 3. The van der Waals surface area contributed by atoms with Crippen LogP contribution in [0, 0.1) is 0 Å². The number of carboxylic acids is 1. The van der Waals surface area contributed by atoms with Crippen LogP contribution in [-0.4, -0.2) is 74.4 Å². The van der Waals surface area contributed by atoms with Crippen molar-refractivity contribution in [2.24, 2.45) is 0 Å². The van der Waals surface area contributed by atoms with Gasteiger partial charge in [0, 0.05) is 31.4 Å². The Bertz CT molecular complexity index is 901. The molecule has 0 unspecified atom stereocenters. The topological polar surface area (TPSA) is 115 Å². The summed E-state index contributed by atoms with van der Waals surface area (Å²) in [6.07, 6.45) is 4.67. The molecule has 0 radical (unpaired) electrons. The Morgan fingerprint density at radius 2 is 1.97 bits per heavy atom. The van der Waals surface area contributed by atoms with Crippen LogP contribution in [-0.2, 0) is 20.9 Å². The monoisotopic (exact) mass is 454 g/mol. The number of carbonyl (C=O) groups is 2. The Labute approximate surface area is 181 Å². The maximum atomic E-state index is 12.8. The number of hydrogen-bond donors (Lipinski definition) is 1. The van der Waals surface area contributed by atoms with E-state index in [0.717, 1.165) is 18.4 Å². The van der Waals surface area contributed by atoms with Crippen LogP contribution in [0.5, 0.6) is 0 Å². The third kappa shape index (κ3) is 5.98. The number of alkyl halides is 3. The molecule has 0 bridgehead atoms. The second-order valence-electron chi connectivity index (χ2n) is 7.11. The first-order chi connectivity index (χ1) is 15.3. The number of halogens is 3. The average Bonchev–Trinajstić information content (AvgIpc) is 3.17. The predicted octanol–water partition coefficient (Wildman–Crippen LogP) is 2.09. The van der Waals surface area contributed by atoms with E-state index in [1.54, 1.807) is 18.6 Å². The van der Waals surface area contributed by atoms with Gasteiger partial charge in [0.15, 0.2) is 0 Å². The molecule has 2 saturated heterocycles.